The van der Waals surface area contributed by atoms with Crippen LogP contribution in [0.4, 0.5) is 0 Å². The Kier molecular flexibility index (Phi) is 5.33. The van der Waals surface area contributed by atoms with Gasteiger partial charge in [0.2, 0.25) is 0 Å². The van der Waals surface area contributed by atoms with Gasteiger partial charge in [-0.05, 0) is 61.3 Å². The molecule has 1 aliphatic heterocycles. The van der Waals surface area contributed by atoms with Crippen LogP contribution in [0, 0.1) is 34.5 Å². The lowest BCUT2D eigenvalue weighted by Gasteiger charge is -2.66. The average Bonchev–Trinajstić information content (AvgIpc) is 2.73. The zero-order valence-electron chi connectivity index (χ0n) is 17.4. The van der Waals surface area contributed by atoms with Crippen molar-refractivity contribution in [1.29, 1.82) is 0 Å². The van der Waals surface area contributed by atoms with Gasteiger partial charge in [-0.3, -0.25) is 14.4 Å². The molecule has 1 heterocycles. The van der Waals surface area contributed by atoms with Crippen LogP contribution in [0.2, 0.25) is 0 Å². The number of ketones is 1. The smallest absolute Gasteiger partial charge is 0.321 e. The van der Waals surface area contributed by atoms with E-state index in [-0.39, 0.29) is 41.3 Å². The number of alkyl halides is 1. The van der Waals surface area contributed by atoms with Crippen molar-refractivity contribution >= 4 is 29.3 Å². The van der Waals surface area contributed by atoms with E-state index in [9.17, 15) is 14.4 Å². The predicted octanol–water partition coefficient (Wildman–Crippen LogP) is 4.07. The molecule has 0 aromatic heterocycles. The lowest BCUT2D eigenvalue weighted by Crippen LogP contribution is -2.70. The number of halogens is 1. The number of fused-ring (bicyclic) bond motifs is 3. The molecule has 2 bridgehead atoms. The van der Waals surface area contributed by atoms with Crippen molar-refractivity contribution in [1.82, 2.24) is 0 Å². The van der Waals surface area contributed by atoms with Crippen molar-refractivity contribution in [3.8, 4) is 0 Å². The molecule has 1 spiro atoms. The molecule has 4 aliphatic carbocycles. The molecule has 0 aromatic carbocycles. The first kappa shape index (κ1) is 20.9. The van der Waals surface area contributed by atoms with E-state index < -0.39 is 22.9 Å². The summed E-state index contributed by atoms with van der Waals surface area (Å²) in [6.45, 7) is 8.70. The van der Waals surface area contributed by atoms with Crippen LogP contribution in [-0.2, 0) is 23.9 Å². The summed E-state index contributed by atoms with van der Waals surface area (Å²) in [5.41, 5.74) is -0.902. The summed E-state index contributed by atoms with van der Waals surface area (Å²) in [7, 11) is 0. The summed E-state index contributed by atoms with van der Waals surface area (Å²) in [5, 5.41) is 0. The summed E-state index contributed by atoms with van der Waals surface area (Å²) < 4.78 is 11.6. The van der Waals surface area contributed by atoms with E-state index >= 15 is 0 Å². The minimum atomic E-state index is -0.867. The highest BCUT2D eigenvalue weighted by Crippen LogP contribution is 2.69. The van der Waals surface area contributed by atoms with Crippen molar-refractivity contribution in [2.45, 2.75) is 64.9 Å². The maximum Gasteiger partial charge on any atom is 0.321 e. The van der Waals surface area contributed by atoms with E-state index in [1.807, 2.05) is 0 Å². The van der Waals surface area contributed by atoms with E-state index in [0.29, 0.717) is 25.0 Å². The molecular weight excluding hydrogens is 392 g/mol. The minimum absolute atomic E-state index is 0.00211. The van der Waals surface area contributed by atoms with Gasteiger partial charge in [0.15, 0.2) is 5.78 Å². The summed E-state index contributed by atoms with van der Waals surface area (Å²) in [6.07, 6.45) is 4.84. The Balaban J connectivity index is 1.87. The fourth-order valence-electron chi connectivity index (χ4n) is 7.15. The Hall–Kier alpha value is -1.36. The fourth-order valence-corrected chi connectivity index (χ4v) is 7.21. The minimum Gasteiger partial charge on any atom is -0.465 e. The molecule has 5 aliphatic rings. The number of allylic oxidation sites excluding steroid dienone is 1. The standard InChI is InChI=1S/C23H31ClO5/c1-4-5-7-22-16(13(2)12-28-21(22)27)10-18(29-19(25)11-24)23-8-6-15(9-17(22)23)14(3)20(23)26/h13,15-18H,3-12H2,1-2H3/t13?,15-,16?,17?,18+,22?,23+/m0/s1. The van der Waals surface area contributed by atoms with Crippen LogP contribution in [0.1, 0.15) is 58.8 Å². The maximum absolute atomic E-state index is 13.6. The van der Waals surface area contributed by atoms with Crippen LogP contribution < -0.4 is 0 Å². The number of rotatable bonds is 5. The second-order valence-corrected chi connectivity index (χ2v) is 9.86. The molecule has 0 aromatic rings. The molecule has 4 saturated carbocycles. The Morgan fingerprint density at radius 3 is 2.79 bits per heavy atom. The van der Waals surface area contributed by atoms with Gasteiger partial charge in [0, 0.05) is 0 Å². The number of hydrogen-bond donors (Lipinski definition) is 0. The molecule has 4 unspecified atom stereocenters. The Morgan fingerprint density at radius 1 is 1.34 bits per heavy atom. The Bertz CT molecular complexity index is 748. The van der Waals surface area contributed by atoms with Gasteiger partial charge in [-0.15, -0.1) is 11.6 Å². The number of unbranched alkanes of at least 4 members (excludes halogenated alkanes) is 1. The third kappa shape index (κ3) is 2.75. The Labute approximate surface area is 177 Å². The molecule has 7 atom stereocenters. The van der Waals surface area contributed by atoms with Gasteiger partial charge >= 0.3 is 11.9 Å². The number of ether oxygens (including phenoxy) is 2. The highest BCUT2D eigenvalue weighted by atomic mass is 35.5. The van der Waals surface area contributed by atoms with Crippen molar-refractivity contribution in [2.75, 3.05) is 12.5 Å². The number of cyclic esters (lactones) is 1. The Morgan fingerprint density at radius 2 is 2.10 bits per heavy atom. The van der Waals surface area contributed by atoms with E-state index in [1.54, 1.807) is 0 Å². The lowest BCUT2D eigenvalue weighted by molar-refractivity contribution is -0.234. The number of Topliss-reactive ketones (excluding diaryl/α,β-unsaturated/α-hetero) is 1. The van der Waals surface area contributed by atoms with Gasteiger partial charge in [-0.25, -0.2) is 0 Å². The average molecular weight is 423 g/mol. The van der Waals surface area contributed by atoms with Crippen molar-refractivity contribution in [3.63, 3.8) is 0 Å². The number of carbonyl (C=O) groups is 3. The largest absolute Gasteiger partial charge is 0.465 e. The van der Waals surface area contributed by atoms with Gasteiger partial charge in [0.25, 0.3) is 0 Å². The van der Waals surface area contributed by atoms with E-state index in [0.717, 1.165) is 32.1 Å². The van der Waals surface area contributed by atoms with Gasteiger partial charge in [-0.2, -0.15) is 0 Å². The molecule has 160 valence electrons. The second kappa shape index (κ2) is 7.40. The van der Waals surface area contributed by atoms with Gasteiger partial charge in [0.1, 0.15) is 12.0 Å². The molecule has 0 amide bonds. The fraction of sp³-hybridized carbons (Fsp3) is 0.783. The molecule has 5 fully saturated rings. The first-order valence-corrected chi connectivity index (χ1v) is 11.5. The molecular formula is C23H31ClO5. The maximum atomic E-state index is 13.6. The van der Waals surface area contributed by atoms with E-state index in [1.165, 1.54) is 0 Å². The van der Waals surface area contributed by atoms with Crippen LogP contribution in [0.25, 0.3) is 0 Å². The van der Waals surface area contributed by atoms with Crippen molar-refractivity contribution < 1.29 is 23.9 Å². The predicted molar refractivity (Wildman–Crippen MR) is 108 cm³/mol. The second-order valence-electron chi connectivity index (χ2n) is 9.59. The number of esters is 2. The van der Waals surface area contributed by atoms with E-state index in [2.05, 4.69) is 20.4 Å². The SMILES string of the molecule is C=C1C(=O)[C@]23CC[C@H]1CC2C1(CCCC)C(=O)OCC(C)C1C[C@H]3OC(=O)CCl. The molecule has 0 radical (unpaired) electrons. The molecule has 5 rings (SSSR count). The number of hydrogen-bond acceptors (Lipinski definition) is 5. The van der Waals surface area contributed by atoms with Crippen LogP contribution in [-0.4, -0.2) is 36.3 Å². The highest BCUT2D eigenvalue weighted by molar-refractivity contribution is 6.26. The monoisotopic (exact) mass is 422 g/mol. The summed E-state index contributed by atoms with van der Waals surface area (Å²) in [4.78, 5) is 39.2. The van der Waals surface area contributed by atoms with Crippen molar-refractivity contribution in [2.24, 2.45) is 34.5 Å². The van der Waals surface area contributed by atoms with Crippen LogP contribution in [0.3, 0.4) is 0 Å². The normalized spacial score (nSPS) is 43.4. The van der Waals surface area contributed by atoms with Crippen LogP contribution in [0.5, 0.6) is 0 Å². The van der Waals surface area contributed by atoms with Gasteiger partial charge in [0.05, 0.1) is 17.4 Å². The van der Waals surface area contributed by atoms with Crippen LogP contribution >= 0.6 is 11.6 Å². The van der Waals surface area contributed by atoms with Crippen molar-refractivity contribution in [3.05, 3.63) is 12.2 Å². The summed E-state index contributed by atoms with van der Waals surface area (Å²) >= 11 is 5.74. The quantitative estimate of drug-likeness (QED) is 0.379. The first-order valence-electron chi connectivity index (χ1n) is 11.0. The molecule has 0 N–H and O–H groups in total. The van der Waals surface area contributed by atoms with E-state index in [4.69, 9.17) is 21.1 Å². The molecule has 29 heavy (non-hydrogen) atoms. The number of carbonyl (C=O) groups excluding carboxylic acids is 3. The highest BCUT2D eigenvalue weighted by Gasteiger charge is 2.73. The third-order valence-electron chi connectivity index (χ3n) is 8.45. The first-order chi connectivity index (χ1) is 13.8. The zero-order chi connectivity index (χ0) is 21.0. The van der Waals surface area contributed by atoms with Gasteiger partial charge < -0.3 is 9.47 Å². The lowest BCUT2D eigenvalue weighted by atomic mass is 9.37. The third-order valence-corrected chi connectivity index (χ3v) is 8.67. The van der Waals surface area contributed by atoms with Crippen LogP contribution in [0.15, 0.2) is 12.2 Å². The summed E-state index contributed by atoms with van der Waals surface area (Å²) in [6, 6.07) is 0. The molecule has 5 nitrogen and oxygen atoms in total. The topological polar surface area (TPSA) is 69.7 Å². The zero-order valence-corrected chi connectivity index (χ0v) is 18.1. The van der Waals surface area contributed by atoms with Gasteiger partial charge in [-0.1, -0.05) is 33.3 Å². The molecule has 6 heteroatoms. The molecule has 1 saturated heterocycles. The summed E-state index contributed by atoms with van der Waals surface area (Å²) in [5.74, 6) is -0.732.